The molecule has 3 heteroatoms. The molecular formula is C20H30OS2. The molecule has 1 aromatic carbocycles. The molecule has 0 spiro atoms. The van der Waals surface area contributed by atoms with E-state index in [1.807, 2.05) is 35.7 Å². The molecule has 2 rings (SSSR count). The Bertz CT molecular complexity index is 559. The molecule has 1 nitrogen and oxygen atoms in total. The fraction of sp³-hybridized carbons (Fsp3) is 0.600. The van der Waals surface area contributed by atoms with Crippen LogP contribution in [0.25, 0.3) is 0 Å². The minimum Gasteiger partial charge on any atom is -0.508 e. The lowest BCUT2D eigenvalue weighted by Crippen LogP contribution is -2.24. The van der Waals surface area contributed by atoms with Crippen molar-refractivity contribution in [3.63, 3.8) is 0 Å². The van der Waals surface area contributed by atoms with Crippen LogP contribution in [-0.4, -0.2) is 16.6 Å². The fourth-order valence-corrected chi connectivity index (χ4v) is 5.61. The summed E-state index contributed by atoms with van der Waals surface area (Å²) in [6.45, 7) is 11.1. The summed E-state index contributed by atoms with van der Waals surface area (Å²) >= 11 is 4.01. The van der Waals surface area contributed by atoms with Crippen molar-refractivity contribution in [3.8, 4) is 5.75 Å². The van der Waals surface area contributed by atoms with E-state index in [0.29, 0.717) is 5.75 Å². The van der Waals surface area contributed by atoms with E-state index in [0.717, 1.165) is 18.4 Å². The highest BCUT2D eigenvalue weighted by molar-refractivity contribution is 8.22. The van der Waals surface area contributed by atoms with Crippen molar-refractivity contribution in [3.05, 3.63) is 39.6 Å². The first-order valence-corrected chi connectivity index (χ1v) is 10.5. The molecule has 128 valence electrons. The van der Waals surface area contributed by atoms with Crippen LogP contribution in [0.15, 0.2) is 28.5 Å². The van der Waals surface area contributed by atoms with Gasteiger partial charge in [0.15, 0.2) is 0 Å². The number of rotatable bonds is 4. The number of hydrogen-bond donors (Lipinski definition) is 1. The Morgan fingerprint density at radius 3 is 2.35 bits per heavy atom. The zero-order chi connectivity index (χ0) is 17.1. The monoisotopic (exact) mass is 350 g/mol. The van der Waals surface area contributed by atoms with E-state index in [2.05, 4.69) is 46.8 Å². The lowest BCUT2D eigenvalue weighted by Gasteiger charge is -2.33. The summed E-state index contributed by atoms with van der Waals surface area (Å²) < 4.78 is 1.50. The van der Waals surface area contributed by atoms with Gasteiger partial charge in [0.05, 0.1) is 0 Å². The first-order valence-electron chi connectivity index (χ1n) is 8.50. The van der Waals surface area contributed by atoms with Gasteiger partial charge in [-0.15, -0.1) is 23.5 Å². The second-order valence-electron chi connectivity index (χ2n) is 7.95. The molecule has 0 unspecified atom stereocenters. The van der Waals surface area contributed by atoms with Crippen LogP contribution < -0.4 is 0 Å². The van der Waals surface area contributed by atoms with Gasteiger partial charge < -0.3 is 5.11 Å². The van der Waals surface area contributed by atoms with E-state index >= 15 is 0 Å². The van der Waals surface area contributed by atoms with Gasteiger partial charge >= 0.3 is 0 Å². The van der Waals surface area contributed by atoms with Crippen LogP contribution in [0.3, 0.4) is 0 Å². The predicted molar refractivity (Wildman–Crippen MR) is 107 cm³/mol. The average Bonchev–Trinajstić information content (AvgIpc) is 2.46. The third kappa shape index (κ3) is 4.96. The standard InChI is InChI=1S/C20H30OS2/c1-19(2,3)18-15(9-6-10-16(18)21)20(4,5)12-7-11-17-22-13-8-14-23-17/h6,9-11,21H,7-8,12-14H2,1-5H3. The van der Waals surface area contributed by atoms with Crippen LogP contribution in [0.1, 0.15) is 65.0 Å². The van der Waals surface area contributed by atoms with E-state index < -0.39 is 0 Å². The molecule has 0 atom stereocenters. The summed E-state index contributed by atoms with van der Waals surface area (Å²) in [6, 6.07) is 5.99. The van der Waals surface area contributed by atoms with E-state index in [1.165, 1.54) is 27.7 Å². The summed E-state index contributed by atoms with van der Waals surface area (Å²) in [5, 5.41) is 10.4. The zero-order valence-electron chi connectivity index (χ0n) is 15.1. The number of benzene rings is 1. The molecule has 0 aliphatic carbocycles. The van der Waals surface area contributed by atoms with Gasteiger partial charge in [-0.05, 0) is 53.2 Å². The molecule has 1 saturated heterocycles. The number of hydrogen-bond acceptors (Lipinski definition) is 3. The molecule has 0 aromatic heterocycles. The second kappa shape index (κ2) is 7.57. The highest BCUT2D eigenvalue weighted by Gasteiger charge is 2.30. The smallest absolute Gasteiger partial charge is 0.119 e. The van der Waals surface area contributed by atoms with Crippen LogP contribution in [0.4, 0.5) is 0 Å². The molecule has 1 aromatic rings. The lowest BCUT2D eigenvalue weighted by atomic mass is 9.72. The average molecular weight is 351 g/mol. The molecule has 0 radical (unpaired) electrons. The number of allylic oxidation sites excluding steroid dienone is 1. The van der Waals surface area contributed by atoms with Crippen molar-refractivity contribution in [2.45, 2.75) is 64.7 Å². The molecule has 1 aliphatic rings. The Balaban J connectivity index is 2.17. The number of phenolic OH excluding ortho intramolecular Hbond substituents is 1. The number of thioether (sulfide) groups is 2. The zero-order valence-corrected chi connectivity index (χ0v) is 16.7. The van der Waals surface area contributed by atoms with Crippen molar-refractivity contribution in [1.82, 2.24) is 0 Å². The van der Waals surface area contributed by atoms with Crippen molar-refractivity contribution >= 4 is 23.5 Å². The Hall–Kier alpha value is -0.540. The molecule has 1 fully saturated rings. The first-order chi connectivity index (χ1) is 10.7. The van der Waals surface area contributed by atoms with Gasteiger partial charge in [-0.2, -0.15) is 0 Å². The van der Waals surface area contributed by atoms with Crippen LogP contribution >= 0.6 is 23.5 Å². The quantitative estimate of drug-likeness (QED) is 0.673. The van der Waals surface area contributed by atoms with Gasteiger partial charge in [-0.3, -0.25) is 0 Å². The largest absolute Gasteiger partial charge is 0.508 e. The fourth-order valence-electron chi connectivity index (χ4n) is 3.14. The lowest BCUT2D eigenvalue weighted by molar-refractivity contribution is 0.422. The minimum absolute atomic E-state index is 0.0501. The van der Waals surface area contributed by atoms with E-state index in [9.17, 15) is 5.11 Å². The van der Waals surface area contributed by atoms with E-state index in [4.69, 9.17) is 0 Å². The van der Waals surface area contributed by atoms with Gasteiger partial charge in [-0.1, -0.05) is 52.8 Å². The summed E-state index contributed by atoms with van der Waals surface area (Å²) in [7, 11) is 0. The highest BCUT2D eigenvalue weighted by atomic mass is 32.2. The number of phenols is 1. The topological polar surface area (TPSA) is 20.2 Å². The summed E-state index contributed by atoms with van der Waals surface area (Å²) in [5.74, 6) is 2.96. The molecule has 23 heavy (non-hydrogen) atoms. The van der Waals surface area contributed by atoms with Crippen LogP contribution in [-0.2, 0) is 10.8 Å². The third-order valence-corrected chi connectivity index (χ3v) is 6.97. The maximum Gasteiger partial charge on any atom is 0.119 e. The highest BCUT2D eigenvalue weighted by Crippen LogP contribution is 2.42. The van der Waals surface area contributed by atoms with Gasteiger partial charge in [0.2, 0.25) is 0 Å². The molecule has 1 heterocycles. The van der Waals surface area contributed by atoms with Gasteiger partial charge in [0.25, 0.3) is 0 Å². The van der Waals surface area contributed by atoms with Gasteiger partial charge in [0.1, 0.15) is 5.75 Å². The Morgan fingerprint density at radius 1 is 1.09 bits per heavy atom. The maximum absolute atomic E-state index is 10.4. The van der Waals surface area contributed by atoms with Crippen LogP contribution in [0, 0.1) is 0 Å². The van der Waals surface area contributed by atoms with Crippen molar-refractivity contribution in [2.75, 3.05) is 11.5 Å². The summed E-state index contributed by atoms with van der Waals surface area (Å²) in [6.07, 6.45) is 5.94. The third-order valence-electron chi connectivity index (χ3n) is 4.38. The molecule has 0 bridgehead atoms. The predicted octanol–water partition coefficient (Wildman–Crippen LogP) is 6.46. The second-order valence-corrected chi connectivity index (χ2v) is 10.5. The van der Waals surface area contributed by atoms with Crippen molar-refractivity contribution < 1.29 is 5.11 Å². The van der Waals surface area contributed by atoms with Gasteiger partial charge in [-0.25, -0.2) is 0 Å². The summed E-state index contributed by atoms with van der Waals surface area (Å²) in [5.41, 5.74) is 2.39. The Kier molecular flexibility index (Phi) is 6.18. The normalized spacial score (nSPS) is 16.5. The number of aromatic hydroxyl groups is 1. The van der Waals surface area contributed by atoms with Crippen molar-refractivity contribution in [1.29, 1.82) is 0 Å². The van der Waals surface area contributed by atoms with Crippen LogP contribution in [0.2, 0.25) is 0 Å². The Morgan fingerprint density at radius 2 is 1.74 bits per heavy atom. The van der Waals surface area contributed by atoms with Gasteiger partial charge in [0, 0.05) is 9.80 Å². The van der Waals surface area contributed by atoms with Crippen LogP contribution in [0.5, 0.6) is 5.75 Å². The molecule has 0 saturated carbocycles. The van der Waals surface area contributed by atoms with E-state index in [-0.39, 0.29) is 10.8 Å². The Labute approximate surface area is 150 Å². The molecular weight excluding hydrogens is 320 g/mol. The minimum atomic E-state index is -0.0501. The summed E-state index contributed by atoms with van der Waals surface area (Å²) in [4.78, 5) is 0. The van der Waals surface area contributed by atoms with E-state index in [1.54, 1.807) is 0 Å². The first kappa shape index (κ1) is 18.8. The molecule has 0 amide bonds. The maximum atomic E-state index is 10.4. The molecule has 1 N–H and O–H groups in total. The molecule has 1 aliphatic heterocycles. The van der Waals surface area contributed by atoms with Crippen molar-refractivity contribution in [2.24, 2.45) is 0 Å². The SMILES string of the molecule is CC(C)(C)c1c(O)cccc1C(C)(C)CCC=C1SCCCS1.